The van der Waals surface area contributed by atoms with Gasteiger partial charge in [-0.25, -0.2) is 4.79 Å². The van der Waals surface area contributed by atoms with Crippen LogP contribution >= 0.6 is 0 Å². The molecule has 3 heterocycles. The highest BCUT2D eigenvalue weighted by Gasteiger charge is 2.42. The minimum Gasteiger partial charge on any atom is -0.480 e. The van der Waals surface area contributed by atoms with Crippen molar-refractivity contribution < 1.29 is 13.9 Å². The summed E-state index contributed by atoms with van der Waals surface area (Å²) in [7, 11) is 2.17. The van der Waals surface area contributed by atoms with Gasteiger partial charge in [0, 0.05) is 30.7 Å². The highest BCUT2D eigenvalue weighted by atomic mass is 16.5. The van der Waals surface area contributed by atoms with E-state index in [1.54, 1.807) is 6.92 Å². The van der Waals surface area contributed by atoms with Crippen molar-refractivity contribution in [3.05, 3.63) is 39.2 Å². The first-order valence-electron chi connectivity index (χ1n) is 11.1. The second-order valence-corrected chi connectivity index (χ2v) is 9.19. The van der Waals surface area contributed by atoms with Crippen LogP contribution in [0.4, 0.5) is 0 Å². The predicted octanol–water partition coefficient (Wildman–Crippen LogP) is 2.38. The number of piperazine rings is 1. The summed E-state index contributed by atoms with van der Waals surface area (Å²) in [5.41, 5.74) is 2.51. The summed E-state index contributed by atoms with van der Waals surface area (Å²) in [6.45, 7) is 11.7. The van der Waals surface area contributed by atoms with Gasteiger partial charge in [-0.1, -0.05) is 0 Å². The van der Waals surface area contributed by atoms with Gasteiger partial charge >= 0.3 is 5.63 Å². The van der Waals surface area contributed by atoms with E-state index in [2.05, 4.69) is 17.3 Å². The molecule has 1 aromatic heterocycles. The number of carbonyl (C=O) groups is 1. The number of nitrogens with one attached hydrogen (secondary N) is 1. The summed E-state index contributed by atoms with van der Waals surface area (Å²) >= 11 is 0. The number of rotatable bonds is 3. The van der Waals surface area contributed by atoms with Gasteiger partial charge in [-0.15, -0.1) is 0 Å². The molecule has 1 unspecified atom stereocenters. The van der Waals surface area contributed by atoms with Gasteiger partial charge in [-0.2, -0.15) is 0 Å². The number of nitrogens with zero attached hydrogens (tertiary/aromatic N) is 2. The van der Waals surface area contributed by atoms with Crippen LogP contribution < -0.4 is 15.7 Å². The van der Waals surface area contributed by atoms with E-state index in [-0.39, 0.29) is 17.1 Å². The first-order chi connectivity index (χ1) is 14.7. The molecule has 1 aromatic carbocycles. The molecule has 168 valence electrons. The maximum absolute atomic E-state index is 13.4. The number of ether oxygens (including phenoxy) is 1. The predicted molar refractivity (Wildman–Crippen MR) is 121 cm³/mol. The Morgan fingerprint density at radius 2 is 1.87 bits per heavy atom. The van der Waals surface area contributed by atoms with Crippen molar-refractivity contribution in [2.75, 3.05) is 39.8 Å². The monoisotopic (exact) mass is 427 g/mol. The average molecular weight is 428 g/mol. The Labute approximate surface area is 183 Å². The number of fused-ring (bicyclic) bond motifs is 1. The normalized spacial score (nSPS) is 20.2. The van der Waals surface area contributed by atoms with Crippen LogP contribution in [0.2, 0.25) is 0 Å². The Morgan fingerprint density at radius 1 is 1.16 bits per heavy atom. The van der Waals surface area contributed by atoms with Gasteiger partial charge in [-0.05, 0) is 83.9 Å². The Hall–Kier alpha value is -2.38. The molecule has 7 nitrogen and oxygen atoms in total. The highest BCUT2D eigenvalue weighted by Crippen LogP contribution is 2.33. The lowest BCUT2D eigenvalue weighted by molar-refractivity contribution is -0.144. The van der Waals surface area contributed by atoms with Crippen LogP contribution in [0, 0.1) is 20.8 Å². The van der Waals surface area contributed by atoms with Crippen LogP contribution in [0.5, 0.6) is 5.75 Å². The minimum absolute atomic E-state index is 0.00687. The minimum atomic E-state index is -0.626. The summed E-state index contributed by atoms with van der Waals surface area (Å²) in [6.07, 6.45) is 1.46. The number of amides is 1. The fraction of sp³-hybridized carbons (Fsp3) is 0.583. The van der Waals surface area contributed by atoms with Crippen LogP contribution in [0.15, 0.2) is 21.3 Å². The lowest BCUT2D eigenvalue weighted by Crippen LogP contribution is -2.65. The standard InChI is InChI=1S/C24H33N3O4/c1-15-12-19(21-16(2)17(3)23(29)31-20(21)13-15)30-18(4)22(28)27-11-10-26(5)24(14-27)6-8-25-9-7-24/h12-13,18,25H,6-11,14H2,1-5H3. The quantitative estimate of drug-likeness (QED) is 0.758. The summed E-state index contributed by atoms with van der Waals surface area (Å²) in [6, 6.07) is 3.75. The second kappa shape index (κ2) is 8.28. The third-order valence-electron chi connectivity index (χ3n) is 7.15. The van der Waals surface area contributed by atoms with Crippen molar-refractivity contribution in [1.29, 1.82) is 0 Å². The van der Waals surface area contributed by atoms with Crippen molar-refractivity contribution >= 4 is 16.9 Å². The number of likely N-dealkylation sites (N-methyl/N-ethyl adjacent to an activating group) is 1. The van der Waals surface area contributed by atoms with Gasteiger partial charge in [0.2, 0.25) is 0 Å². The molecule has 0 aliphatic carbocycles. The van der Waals surface area contributed by atoms with E-state index >= 15 is 0 Å². The van der Waals surface area contributed by atoms with E-state index < -0.39 is 6.10 Å². The van der Waals surface area contributed by atoms with E-state index in [9.17, 15) is 9.59 Å². The zero-order valence-corrected chi connectivity index (χ0v) is 19.2. The molecule has 2 aromatic rings. The molecule has 2 aliphatic heterocycles. The number of aryl methyl sites for hydroxylation is 2. The molecule has 0 saturated carbocycles. The third kappa shape index (κ3) is 3.96. The number of piperidine rings is 1. The van der Waals surface area contributed by atoms with Gasteiger partial charge in [0.25, 0.3) is 5.91 Å². The fourth-order valence-corrected chi connectivity index (χ4v) is 4.96. The molecule has 2 saturated heterocycles. The third-order valence-corrected chi connectivity index (χ3v) is 7.15. The van der Waals surface area contributed by atoms with Crippen LogP contribution in [0.1, 0.15) is 36.5 Å². The summed E-state index contributed by atoms with van der Waals surface area (Å²) in [5.74, 6) is 0.596. The van der Waals surface area contributed by atoms with Gasteiger partial charge in [0.05, 0.1) is 5.39 Å². The maximum Gasteiger partial charge on any atom is 0.339 e. The molecule has 1 amide bonds. The zero-order chi connectivity index (χ0) is 22.3. The van der Waals surface area contributed by atoms with E-state index in [1.807, 2.05) is 37.8 Å². The van der Waals surface area contributed by atoms with Gasteiger partial charge in [0.15, 0.2) is 6.10 Å². The van der Waals surface area contributed by atoms with Gasteiger partial charge in [0.1, 0.15) is 11.3 Å². The molecule has 1 spiro atoms. The Bertz CT molecular complexity index is 1050. The van der Waals surface area contributed by atoms with Crippen LogP contribution in [-0.4, -0.2) is 67.1 Å². The molecule has 2 aliphatic rings. The van der Waals surface area contributed by atoms with Crippen molar-refractivity contribution in [1.82, 2.24) is 15.1 Å². The molecular weight excluding hydrogens is 394 g/mol. The number of benzene rings is 1. The molecule has 1 N–H and O–H groups in total. The largest absolute Gasteiger partial charge is 0.480 e. The molecule has 0 radical (unpaired) electrons. The molecule has 1 atom stereocenters. The van der Waals surface area contributed by atoms with Crippen LogP contribution in [0.3, 0.4) is 0 Å². The Morgan fingerprint density at radius 3 is 2.58 bits per heavy atom. The molecule has 7 heteroatoms. The first kappa shape index (κ1) is 21.8. The van der Waals surface area contributed by atoms with Crippen molar-refractivity contribution in [2.45, 2.75) is 52.2 Å². The Kier molecular flexibility index (Phi) is 5.83. The summed E-state index contributed by atoms with van der Waals surface area (Å²) in [5, 5.41) is 4.19. The lowest BCUT2D eigenvalue weighted by Gasteiger charge is -2.51. The maximum atomic E-state index is 13.4. The summed E-state index contributed by atoms with van der Waals surface area (Å²) in [4.78, 5) is 29.9. The average Bonchev–Trinajstić information content (AvgIpc) is 2.74. The number of hydrogen-bond acceptors (Lipinski definition) is 6. The first-order valence-corrected chi connectivity index (χ1v) is 11.1. The smallest absolute Gasteiger partial charge is 0.339 e. The zero-order valence-electron chi connectivity index (χ0n) is 19.2. The van der Waals surface area contributed by atoms with Crippen molar-refractivity contribution in [3.8, 4) is 5.75 Å². The van der Waals surface area contributed by atoms with Gasteiger partial charge < -0.3 is 19.4 Å². The Balaban J connectivity index is 1.59. The number of carbonyl (C=O) groups excluding carboxylic acids is 1. The van der Waals surface area contributed by atoms with Crippen molar-refractivity contribution in [3.63, 3.8) is 0 Å². The van der Waals surface area contributed by atoms with E-state index in [0.717, 1.165) is 55.5 Å². The molecular formula is C24H33N3O4. The summed E-state index contributed by atoms with van der Waals surface area (Å²) < 4.78 is 11.7. The lowest BCUT2D eigenvalue weighted by atomic mass is 9.84. The molecule has 0 bridgehead atoms. The molecule has 4 rings (SSSR count). The SMILES string of the molecule is Cc1cc(OC(C)C(=O)N2CCN(C)C3(CCNCC3)C2)c2c(C)c(C)c(=O)oc2c1. The second-order valence-electron chi connectivity index (χ2n) is 9.19. The van der Waals surface area contributed by atoms with E-state index in [4.69, 9.17) is 9.15 Å². The fourth-order valence-electron chi connectivity index (χ4n) is 4.96. The van der Waals surface area contributed by atoms with Gasteiger partial charge in [-0.3, -0.25) is 9.69 Å². The van der Waals surface area contributed by atoms with Crippen LogP contribution in [0.25, 0.3) is 11.0 Å². The molecule has 31 heavy (non-hydrogen) atoms. The molecule has 2 fully saturated rings. The van der Waals surface area contributed by atoms with Crippen LogP contribution in [-0.2, 0) is 4.79 Å². The van der Waals surface area contributed by atoms with E-state index in [1.165, 1.54) is 0 Å². The highest BCUT2D eigenvalue weighted by molar-refractivity contribution is 5.89. The topological polar surface area (TPSA) is 75.0 Å². The number of hydrogen-bond donors (Lipinski definition) is 1. The van der Waals surface area contributed by atoms with E-state index in [0.29, 0.717) is 23.4 Å². The van der Waals surface area contributed by atoms with Crippen molar-refractivity contribution in [2.24, 2.45) is 0 Å².